The second-order valence-electron chi connectivity index (χ2n) is 3.82. The average molecular weight is 184 g/mol. The Morgan fingerprint density at radius 2 is 2.31 bits per heavy atom. The molecule has 0 saturated carbocycles. The lowest BCUT2D eigenvalue weighted by molar-refractivity contribution is -0.133. The lowest BCUT2D eigenvalue weighted by Crippen LogP contribution is -2.38. The van der Waals surface area contributed by atoms with Gasteiger partial charge in [-0.2, -0.15) is 0 Å². The van der Waals surface area contributed by atoms with Crippen molar-refractivity contribution in [3.63, 3.8) is 0 Å². The van der Waals surface area contributed by atoms with Crippen LogP contribution in [0, 0.1) is 0 Å². The van der Waals surface area contributed by atoms with Crippen LogP contribution in [-0.4, -0.2) is 37.0 Å². The summed E-state index contributed by atoms with van der Waals surface area (Å²) in [5.74, 6) is 0.342. The average Bonchev–Trinajstić information content (AvgIpc) is 2.16. The minimum atomic E-state index is 0.342. The molecular formula is C10H20N2O. The lowest BCUT2D eigenvalue weighted by atomic mass is 10.1. The fraction of sp³-hybridized carbons (Fsp3) is 0.900. The summed E-state index contributed by atoms with van der Waals surface area (Å²) in [6.07, 6.45) is 4.08. The standard InChI is InChI=1S/C10H20N2O/c1-9(11-2)6-8-12-7-4-3-5-10(12)13/h9,11H,3-8H2,1-2H3. The van der Waals surface area contributed by atoms with Gasteiger partial charge in [0.25, 0.3) is 0 Å². The van der Waals surface area contributed by atoms with Crippen molar-refractivity contribution in [2.24, 2.45) is 0 Å². The van der Waals surface area contributed by atoms with Crippen molar-refractivity contribution in [3.8, 4) is 0 Å². The number of nitrogens with zero attached hydrogens (tertiary/aromatic N) is 1. The van der Waals surface area contributed by atoms with Crippen LogP contribution in [0.15, 0.2) is 0 Å². The predicted octanol–water partition coefficient (Wildman–Crippen LogP) is 0.997. The van der Waals surface area contributed by atoms with E-state index in [1.165, 1.54) is 6.42 Å². The monoisotopic (exact) mass is 184 g/mol. The van der Waals surface area contributed by atoms with Crippen molar-refractivity contribution in [1.29, 1.82) is 0 Å². The molecule has 1 rings (SSSR count). The van der Waals surface area contributed by atoms with E-state index < -0.39 is 0 Å². The summed E-state index contributed by atoms with van der Waals surface area (Å²) in [5, 5.41) is 3.18. The van der Waals surface area contributed by atoms with Gasteiger partial charge in [-0.1, -0.05) is 0 Å². The maximum Gasteiger partial charge on any atom is 0.222 e. The Labute approximate surface area is 80.5 Å². The molecule has 1 saturated heterocycles. The van der Waals surface area contributed by atoms with E-state index in [1.807, 2.05) is 11.9 Å². The highest BCUT2D eigenvalue weighted by Crippen LogP contribution is 2.10. The third-order valence-corrected chi connectivity index (χ3v) is 2.75. The van der Waals surface area contributed by atoms with Gasteiger partial charge in [0.2, 0.25) is 5.91 Å². The summed E-state index contributed by atoms with van der Waals surface area (Å²) >= 11 is 0. The molecule has 1 unspecified atom stereocenters. The third kappa shape index (κ3) is 3.35. The van der Waals surface area contributed by atoms with Crippen LogP contribution in [0.4, 0.5) is 0 Å². The van der Waals surface area contributed by atoms with Crippen LogP contribution >= 0.6 is 0 Å². The van der Waals surface area contributed by atoms with Crippen molar-refractivity contribution < 1.29 is 4.79 Å². The fourth-order valence-electron chi connectivity index (χ4n) is 1.59. The Bertz CT molecular complexity index is 170. The van der Waals surface area contributed by atoms with Crippen molar-refractivity contribution in [1.82, 2.24) is 10.2 Å². The van der Waals surface area contributed by atoms with Gasteiger partial charge in [0.15, 0.2) is 0 Å². The molecule has 3 heteroatoms. The van der Waals surface area contributed by atoms with E-state index >= 15 is 0 Å². The summed E-state index contributed by atoms with van der Waals surface area (Å²) in [7, 11) is 1.96. The van der Waals surface area contributed by atoms with Gasteiger partial charge in [-0.15, -0.1) is 0 Å². The largest absolute Gasteiger partial charge is 0.343 e. The van der Waals surface area contributed by atoms with Crippen molar-refractivity contribution in [2.45, 2.75) is 38.6 Å². The molecule has 76 valence electrons. The molecule has 1 N–H and O–H groups in total. The quantitative estimate of drug-likeness (QED) is 0.707. The third-order valence-electron chi connectivity index (χ3n) is 2.75. The first-order valence-electron chi connectivity index (χ1n) is 5.19. The van der Waals surface area contributed by atoms with Crippen LogP contribution < -0.4 is 5.32 Å². The van der Waals surface area contributed by atoms with Gasteiger partial charge in [0.1, 0.15) is 0 Å². The molecule has 1 heterocycles. The summed E-state index contributed by atoms with van der Waals surface area (Å²) in [5.41, 5.74) is 0. The van der Waals surface area contributed by atoms with E-state index in [2.05, 4.69) is 12.2 Å². The number of carbonyl (C=O) groups excluding carboxylic acids is 1. The van der Waals surface area contributed by atoms with Crippen molar-refractivity contribution >= 4 is 5.91 Å². The van der Waals surface area contributed by atoms with E-state index in [0.717, 1.165) is 32.4 Å². The highest BCUT2D eigenvalue weighted by Gasteiger charge is 2.17. The maximum atomic E-state index is 11.4. The molecule has 0 aliphatic carbocycles. The number of hydrogen-bond donors (Lipinski definition) is 1. The molecule has 13 heavy (non-hydrogen) atoms. The fourth-order valence-corrected chi connectivity index (χ4v) is 1.59. The van der Waals surface area contributed by atoms with Crippen LogP contribution in [0.2, 0.25) is 0 Å². The normalized spacial score (nSPS) is 20.5. The summed E-state index contributed by atoms with van der Waals surface area (Å²) in [4.78, 5) is 13.4. The molecular weight excluding hydrogens is 164 g/mol. The number of amides is 1. The minimum Gasteiger partial charge on any atom is -0.343 e. The highest BCUT2D eigenvalue weighted by atomic mass is 16.2. The number of hydrogen-bond acceptors (Lipinski definition) is 2. The van der Waals surface area contributed by atoms with Crippen LogP contribution in [-0.2, 0) is 4.79 Å². The Morgan fingerprint density at radius 1 is 1.54 bits per heavy atom. The second-order valence-corrected chi connectivity index (χ2v) is 3.82. The number of rotatable bonds is 4. The lowest BCUT2D eigenvalue weighted by Gasteiger charge is -2.27. The van der Waals surface area contributed by atoms with Gasteiger partial charge in [-0.05, 0) is 33.2 Å². The van der Waals surface area contributed by atoms with Gasteiger partial charge >= 0.3 is 0 Å². The number of carbonyl (C=O) groups is 1. The van der Waals surface area contributed by atoms with Crippen LogP contribution in [0.25, 0.3) is 0 Å². The van der Waals surface area contributed by atoms with Crippen LogP contribution in [0.3, 0.4) is 0 Å². The van der Waals surface area contributed by atoms with Gasteiger partial charge in [-0.3, -0.25) is 4.79 Å². The number of nitrogens with one attached hydrogen (secondary N) is 1. The van der Waals surface area contributed by atoms with Crippen molar-refractivity contribution in [3.05, 3.63) is 0 Å². The Balaban J connectivity index is 2.22. The van der Waals surface area contributed by atoms with Gasteiger partial charge in [-0.25, -0.2) is 0 Å². The SMILES string of the molecule is CNC(C)CCN1CCCCC1=O. The van der Waals surface area contributed by atoms with E-state index in [9.17, 15) is 4.79 Å². The van der Waals surface area contributed by atoms with Gasteiger partial charge in [0, 0.05) is 25.6 Å². The number of likely N-dealkylation sites (tertiary alicyclic amines) is 1. The minimum absolute atomic E-state index is 0.342. The zero-order valence-corrected chi connectivity index (χ0v) is 8.68. The smallest absolute Gasteiger partial charge is 0.222 e. The topological polar surface area (TPSA) is 32.3 Å². The first kappa shape index (κ1) is 10.5. The molecule has 0 radical (unpaired) electrons. The Morgan fingerprint density at radius 3 is 2.92 bits per heavy atom. The van der Waals surface area contributed by atoms with Crippen LogP contribution in [0.5, 0.6) is 0 Å². The molecule has 0 bridgehead atoms. The van der Waals surface area contributed by atoms with Crippen molar-refractivity contribution in [2.75, 3.05) is 20.1 Å². The zero-order valence-electron chi connectivity index (χ0n) is 8.68. The molecule has 1 aliphatic heterocycles. The molecule has 0 aromatic heterocycles. The first-order valence-corrected chi connectivity index (χ1v) is 5.19. The Hall–Kier alpha value is -0.570. The highest BCUT2D eigenvalue weighted by molar-refractivity contribution is 5.76. The van der Waals surface area contributed by atoms with E-state index in [0.29, 0.717) is 11.9 Å². The zero-order chi connectivity index (χ0) is 9.68. The summed E-state index contributed by atoms with van der Waals surface area (Å²) in [6.45, 7) is 4.03. The van der Waals surface area contributed by atoms with Crippen LogP contribution in [0.1, 0.15) is 32.6 Å². The van der Waals surface area contributed by atoms with Gasteiger partial charge in [0.05, 0.1) is 0 Å². The molecule has 0 aromatic rings. The van der Waals surface area contributed by atoms with E-state index in [4.69, 9.17) is 0 Å². The van der Waals surface area contributed by atoms with E-state index in [-0.39, 0.29) is 0 Å². The van der Waals surface area contributed by atoms with Gasteiger partial charge < -0.3 is 10.2 Å². The first-order chi connectivity index (χ1) is 6.24. The molecule has 0 aromatic carbocycles. The number of piperidine rings is 1. The molecule has 1 aliphatic rings. The maximum absolute atomic E-state index is 11.4. The Kier molecular flexibility index (Phi) is 4.22. The van der Waals surface area contributed by atoms with E-state index in [1.54, 1.807) is 0 Å². The summed E-state index contributed by atoms with van der Waals surface area (Å²) in [6, 6.07) is 0.509. The summed E-state index contributed by atoms with van der Waals surface area (Å²) < 4.78 is 0. The molecule has 1 amide bonds. The molecule has 1 fully saturated rings. The second kappa shape index (κ2) is 5.22. The predicted molar refractivity (Wildman–Crippen MR) is 53.6 cm³/mol. The molecule has 3 nitrogen and oxygen atoms in total. The molecule has 0 spiro atoms. The molecule has 1 atom stereocenters.